The summed E-state index contributed by atoms with van der Waals surface area (Å²) in [6.45, 7) is 0. The number of para-hydroxylation sites is 3. The van der Waals surface area contributed by atoms with Crippen LogP contribution in [0.4, 0.5) is 0 Å². The van der Waals surface area contributed by atoms with Crippen LogP contribution in [0.2, 0.25) is 0 Å². The Kier molecular flexibility index (Phi) is 2.41. The molecule has 0 fully saturated rings. The molecule has 0 spiro atoms. The molecule has 0 aliphatic rings. The van der Waals surface area contributed by atoms with Crippen LogP contribution in [0.15, 0.2) is 42.5 Å². The molecule has 0 radical (unpaired) electrons. The second kappa shape index (κ2) is 4.07. The van der Waals surface area contributed by atoms with Crippen LogP contribution in [0.3, 0.4) is 0 Å². The van der Waals surface area contributed by atoms with E-state index in [0.29, 0.717) is 17.1 Å². The number of phenolic OH excluding ortho intramolecular Hbond substituents is 1. The van der Waals surface area contributed by atoms with Crippen molar-refractivity contribution >= 4 is 11.0 Å². The summed E-state index contributed by atoms with van der Waals surface area (Å²) in [5.74, 6) is 1.17. The van der Waals surface area contributed by atoms with Crippen molar-refractivity contribution in [1.82, 2.24) is 9.97 Å². The third-order valence-corrected chi connectivity index (χ3v) is 2.86. The Labute approximate surface area is 104 Å². The molecule has 90 valence electrons. The van der Waals surface area contributed by atoms with Gasteiger partial charge in [0.15, 0.2) is 11.5 Å². The largest absolute Gasteiger partial charge is 0.504 e. The van der Waals surface area contributed by atoms with Gasteiger partial charge in [0.05, 0.1) is 23.7 Å². The zero-order valence-electron chi connectivity index (χ0n) is 9.84. The second-order valence-corrected chi connectivity index (χ2v) is 3.96. The van der Waals surface area contributed by atoms with Crippen molar-refractivity contribution in [2.24, 2.45) is 0 Å². The summed E-state index contributed by atoms with van der Waals surface area (Å²) >= 11 is 0. The zero-order valence-corrected chi connectivity index (χ0v) is 9.84. The number of aromatic amines is 1. The molecule has 0 amide bonds. The van der Waals surface area contributed by atoms with Gasteiger partial charge in [-0.1, -0.05) is 18.2 Å². The smallest absolute Gasteiger partial charge is 0.168 e. The highest BCUT2D eigenvalue weighted by molar-refractivity contribution is 5.81. The number of hydrogen-bond donors (Lipinski definition) is 2. The quantitative estimate of drug-likeness (QED) is 0.724. The Morgan fingerprint density at radius 3 is 2.72 bits per heavy atom. The van der Waals surface area contributed by atoms with E-state index in [9.17, 15) is 5.11 Å². The van der Waals surface area contributed by atoms with Crippen molar-refractivity contribution in [2.75, 3.05) is 7.11 Å². The van der Waals surface area contributed by atoms with Gasteiger partial charge in [-0.25, -0.2) is 4.98 Å². The lowest BCUT2D eigenvalue weighted by atomic mass is 10.2. The molecule has 0 saturated carbocycles. The van der Waals surface area contributed by atoms with Crippen LogP contribution < -0.4 is 4.74 Å². The number of rotatable bonds is 2. The summed E-state index contributed by atoms with van der Waals surface area (Å²) < 4.78 is 5.09. The van der Waals surface area contributed by atoms with Gasteiger partial charge >= 0.3 is 0 Å². The van der Waals surface area contributed by atoms with Crippen molar-refractivity contribution in [3.8, 4) is 22.9 Å². The SMILES string of the molecule is COc1cccc(-c2nc3ccccc3[nH]2)c1O. The standard InChI is InChI=1S/C14H12N2O2/c1-18-12-8-4-5-9(13(12)17)14-15-10-6-2-3-7-11(10)16-14/h2-8,17H,1H3,(H,15,16). The van der Waals surface area contributed by atoms with Gasteiger partial charge in [-0.3, -0.25) is 0 Å². The van der Waals surface area contributed by atoms with Crippen LogP contribution in [0.5, 0.6) is 11.5 Å². The van der Waals surface area contributed by atoms with E-state index in [2.05, 4.69) is 9.97 Å². The molecule has 4 nitrogen and oxygen atoms in total. The van der Waals surface area contributed by atoms with E-state index in [1.807, 2.05) is 30.3 Å². The van der Waals surface area contributed by atoms with E-state index in [0.717, 1.165) is 11.0 Å². The molecule has 0 aliphatic heterocycles. The number of aromatic hydroxyl groups is 1. The molecule has 4 heteroatoms. The minimum absolute atomic E-state index is 0.0963. The number of benzene rings is 2. The molecule has 0 unspecified atom stereocenters. The van der Waals surface area contributed by atoms with Gasteiger partial charge in [0.2, 0.25) is 0 Å². The Morgan fingerprint density at radius 1 is 1.11 bits per heavy atom. The molecule has 18 heavy (non-hydrogen) atoms. The van der Waals surface area contributed by atoms with E-state index in [1.165, 1.54) is 7.11 Å². The van der Waals surface area contributed by atoms with E-state index < -0.39 is 0 Å². The molecule has 3 rings (SSSR count). The molecule has 2 aromatic carbocycles. The average Bonchev–Trinajstić information content (AvgIpc) is 2.82. The number of phenols is 1. The number of imidazole rings is 1. The van der Waals surface area contributed by atoms with Gasteiger partial charge in [0.25, 0.3) is 0 Å². The summed E-state index contributed by atoms with van der Waals surface area (Å²) in [6.07, 6.45) is 0. The third-order valence-electron chi connectivity index (χ3n) is 2.86. The first-order valence-electron chi connectivity index (χ1n) is 5.60. The lowest BCUT2D eigenvalue weighted by molar-refractivity contribution is 0.374. The molecule has 0 bridgehead atoms. The predicted octanol–water partition coefficient (Wildman–Crippen LogP) is 2.94. The van der Waals surface area contributed by atoms with Gasteiger partial charge in [0, 0.05) is 0 Å². The monoisotopic (exact) mass is 240 g/mol. The highest BCUT2D eigenvalue weighted by atomic mass is 16.5. The van der Waals surface area contributed by atoms with Gasteiger partial charge in [-0.15, -0.1) is 0 Å². The van der Waals surface area contributed by atoms with Crippen LogP contribution in [0.1, 0.15) is 0 Å². The van der Waals surface area contributed by atoms with Gasteiger partial charge in [-0.2, -0.15) is 0 Å². The fourth-order valence-electron chi connectivity index (χ4n) is 1.96. The van der Waals surface area contributed by atoms with E-state index in [1.54, 1.807) is 12.1 Å². The molecular weight excluding hydrogens is 228 g/mol. The maximum Gasteiger partial charge on any atom is 0.168 e. The van der Waals surface area contributed by atoms with Gasteiger partial charge in [0.1, 0.15) is 5.82 Å². The first kappa shape index (κ1) is 10.7. The molecule has 1 heterocycles. The lowest BCUT2D eigenvalue weighted by Crippen LogP contribution is -1.87. The number of ether oxygens (including phenoxy) is 1. The highest BCUT2D eigenvalue weighted by Crippen LogP contribution is 2.35. The molecule has 1 aromatic heterocycles. The van der Waals surface area contributed by atoms with Crippen LogP contribution in [0, 0.1) is 0 Å². The topological polar surface area (TPSA) is 58.1 Å². The van der Waals surface area contributed by atoms with Crippen molar-refractivity contribution in [1.29, 1.82) is 0 Å². The number of hydrogen-bond acceptors (Lipinski definition) is 3. The minimum Gasteiger partial charge on any atom is -0.504 e. The Bertz CT molecular complexity index is 671. The summed E-state index contributed by atoms with van der Waals surface area (Å²) in [7, 11) is 1.53. The van der Waals surface area contributed by atoms with Crippen LogP contribution in [-0.2, 0) is 0 Å². The van der Waals surface area contributed by atoms with Crippen molar-refractivity contribution in [2.45, 2.75) is 0 Å². The first-order valence-corrected chi connectivity index (χ1v) is 5.60. The second-order valence-electron chi connectivity index (χ2n) is 3.96. The fourth-order valence-corrected chi connectivity index (χ4v) is 1.96. The minimum atomic E-state index is 0.0963. The number of H-pyrrole nitrogens is 1. The molecule has 0 saturated heterocycles. The molecule has 2 N–H and O–H groups in total. The van der Waals surface area contributed by atoms with E-state index >= 15 is 0 Å². The number of methoxy groups -OCH3 is 1. The Balaban J connectivity index is 2.20. The lowest BCUT2D eigenvalue weighted by Gasteiger charge is -2.06. The van der Waals surface area contributed by atoms with Crippen molar-refractivity contribution in [3.63, 3.8) is 0 Å². The summed E-state index contributed by atoms with van der Waals surface area (Å²) in [5, 5.41) is 10.1. The first-order chi connectivity index (χ1) is 8.79. The third kappa shape index (κ3) is 1.59. The van der Waals surface area contributed by atoms with Crippen LogP contribution in [0.25, 0.3) is 22.4 Å². The maximum atomic E-state index is 10.1. The normalized spacial score (nSPS) is 10.7. The number of fused-ring (bicyclic) bond motifs is 1. The molecular formula is C14H12N2O2. The molecule has 0 atom stereocenters. The zero-order chi connectivity index (χ0) is 12.5. The van der Waals surface area contributed by atoms with E-state index in [-0.39, 0.29) is 5.75 Å². The summed E-state index contributed by atoms with van der Waals surface area (Å²) in [5.41, 5.74) is 2.44. The number of aromatic nitrogens is 2. The van der Waals surface area contributed by atoms with Gasteiger partial charge < -0.3 is 14.8 Å². The Hall–Kier alpha value is -2.49. The van der Waals surface area contributed by atoms with Crippen LogP contribution >= 0.6 is 0 Å². The van der Waals surface area contributed by atoms with Crippen LogP contribution in [-0.4, -0.2) is 22.2 Å². The number of nitrogens with zero attached hydrogens (tertiary/aromatic N) is 1. The summed E-state index contributed by atoms with van der Waals surface area (Å²) in [4.78, 5) is 7.63. The molecule has 3 aromatic rings. The van der Waals surface area contributed by atoms with Gasteiger partial charge in [-0.05, 0) is 24.3 Å². The maximum absolute atomic E-state index is 10.1. The van der Waals surface area contributed by atoms with Crippen molar-refractivity contribution < 1.29 is 9.84 Å². The number of nitrogens with one attached hydrogen (secondary N) is 1. The highest BCUT2D eigenvalue weighted by Gasteiger charge is 2.12. The summed E-state index contributed by atoms with van der Waals surface area (Å²) in [6, 6.07) is 13.1. The predicted molar refractivity (Wildman–Crippen MR) is 69.7 cm³/mol. The van der Waals surface area contributed by atoms with Crippen molar-refractivity contribution in [3.05, 3.63) is 42.5 Å². The Morgan fingerprint density at radius 2 is 1.94 bits per heavy atom. The fraction of sp³-hybridized carbons (Fsp3) is 0.0714. The average molecular weight is 240 g/mol. The van der Waals surface area contributed by atoms with E-state index in [4.69, 9.17) is 4.74 Å². The molecule has 0 aliphatic carbocycles.